The van der Waals surface area contributed by atoms with Gasteiger partial charge in [-0.2, -0.15) is 4.68 Å². The number of phenolic OH excluding ortho intramolecular Hbond substituents is 1. The highest BCUT2D eigenvalue weighted by molar-refractivity contribution is 5.95. The van der Waals surface area contributed by atoms with Gasteiger partial charge in [0.15, 0.2) is 5.82 Å². The quantitative estimate of drug-likeness (QED) is 0.538. The number of nitrogens with zero attached hydrogens (tertiary/aromatic N) is 4. The van der Waals surface area contributed by atoms with Crippen LogP contribution in [0.1, 0.15) is 41.5 Å². The van der Waals surface area contributed by atoms with E-state index in [-0.39, 0.29) is 34.4 Å². The lowest BCUT2D eigenvalue weighted by Gasteiger charge is -2.25. The number of benzene rings is 1. The summed E-state index contributed by atoms with van der Waals surface area (Å²) in [6, 6.07) is 5.93. The molecule has 0 aliphatic rings. The Kier molecular flexibility index (Phi) is 7.09. The van der Waals surface area contributed by atoms with Crippen molar-refractivity contribution in [2.45, 2.75) is 52.7 Å². The zero-order chi connectivity index (χ0) is 26.8. The van der Waals surface area contributed by atoms with E-state index in [1.165, 1.54) is 25.4 Å². The summed E-state index contributed by atoms with van der Waals surface area (Å²) in [6.07, 6.45) is 0.501. The van der Waals surface area contributed by atoms with Crippen LogP contribution in [-0.2, 0) is 9.47 Å². The monoisotopic (exact) mass is 499 g/mol. The summed E-state index contributed by atoms with van der Waals surface area (Å²) in [5.41, 5.74) is -2.14. The second-order valence-corrected chi connectivity index (χ2v) is 9.73. The van der Waals surface area contributed by atoms with Crippen molar-refractivity contribution in [3.05, 3.63) is 47.0 Å². The molecule has 0 atom stereocenters. The Bertz CT molecular complexity index is 1330. The molecular weight excluding hydrogens is 470 g/mol. The number of amides is 1. The first-order valence-electron chi connectivity index (χ1n) is 11.0. The van der Waals surface area contributed by atoms with Gasteiger partial charge in [-0.15, -0.1) is 5.10 Å². The summed E-state index contributed by atoms with van der Waals surface area (Å²) in [4.78, 5) is 45.7. The van der Waals surface area contributed by atoms with Crippen LogP contribution in [-0.4, -0.2) is 55.4 Å². The lowest BCUT2D eigenvalue weighted by molar-refractivity contribution is 0.0512. The van der Waals surface area contributed by atoms with E-state index in [1.54, 1.807) is 53.7 Å². The Morgan fingerprint density at radius 3 is 2.31 bits per heavy atom. The fraction of sp³-hybridized carbons (Fsp3) is 0.375. The minimum atomic E-state index is -0.894. The first-order chi connectivity index (χ1) is 16.7. The van der Waals surface area contributed by atoms with Gasteiger partial charge in [-0.25, -0.2) is 14.5 Å². The summed E-state index contributed by atoms with van der Waals surface area (Å²) < 4.78 is 17.3. The first-order valence-corrected chi connectivity index (χ1v) is 11.0. The maximum absolute atomic E-state index is 13.2. The van der Waals surface area contributed by atoms with Crippen LogP contribution in [0.3, 0.4) is 0 Å². The van der Waals surface area contributed by atoms with Crippen LogP contribution in [0.5, 0.6) is 11.5 Å². The number of anilines is 2. The van der Waals surface area contributed by atoms with Crippen LogP contribution in [0.2, 0.25) is 0 Å². The van der Waals surface area contributed by atoms with Gasteiger partial charge in [-0.3, -0.25) is 9.78 Å². The van der Waals surface area contributed by atoms with E-state index in [0.717, 1.165) is 15.8 Å². The maximum atomic E-state index is 13.2. The van der Waals surface area contributed by atoms with Crippen molar-refractivity contribution >= 4 is 23.8 Å². The molecule has 0 saturated heterocycles. The largest absolute Gasteiger partial charge is 0.507 e. The molecule has 0 bridgehead atoms. The first kappa shape index (κ1) is 26.3. The summed E-state index contributed by atoms with van der Waals surface area (Å²) in [7, 11) is 1.40. The van der Waals surface area contributed by atoms with E-state index < -0.39 is 28.9 Å². The second kappa shape index (κ2) is 9.72. The minimum Gasteiger partial charge on any atom is -0.507 e. The minimum absolute atomic E-state index is 0.0543. The van der Waals surface area contributed by atoms with Crippen molar-refractivity contribution in [1.29, 1.82) is 0 Å². The summed E-state index contributed by atoms with van der Waals surface area (Å²) in [6.45, 7) is 10.1. The van der Waals surface area contributed by atoms with Crippen LogP contribution in [0, 0.1) is 0 Å². The Balaban J connectivity index is 2.29. The van der Waals surface area contributed by atoms with E-state index in [4.69, 9.17) is 14.2 Å². The fourth-order valence-electron chi connectivity index (χ4n) is 3.15. The van der Waals surface area contributed by atoms with Gasteiger partial charge < -0.3 is 24.3 Å². The zero-order valence-corrected chi connectivity index (χ0v) is 21.1. The van der Waals surface area contributed by atoms with Gasteiger partial charge in [-0.05, 0) is 53.7 Å². The molecule has 1 amide bonds. The normalized spacial score (nSPS) is 11.6. The molecule has 12 heteroatoms. The molecule has 36 heavy (non-hydrogen) atoms. The van der Waals surface area contributed by atoms with Gasteiger partial charge in [0.25, 0.3) is 5.56 Å². The number of hydrogen-bond acceptors (Lipinski definition) is 9. The Hall–Kier alpha value is -4.35. The number of rotatable bonds is 4. The number of hydrogen-bond donors (Lipinski definition) is 2. The predicted octanol–water partition coefficient (Wildman–Crippen LogP) is 4.20. The third-order valence-corrected chi connectivity index (χ3v) is 4.43. The van der Waals surface area contributed by atoms with Crippen molar-refractivity contribution in [3.8, 4) is 22.8 Å². The van der Waals surface area contributed by atoms with Crippen LogP contribution in [0.4, 0.5) is 21.2 Å². The number of ether oxygens (including phenoxy) is 3. The molecule has 3 aromatic rings. The summed E-state index contributed by atoms with van der Waals surface area (Å²) in [5, 5.41) is 14.9. The van der Waals surface area contributed by atoms with Crippen molar-refractivity contribution in [2.24, 2.45) is 0 Å². The molecule has 0 fully saturated rings. The highest BCUT2D eigenvalue weighted by Crippen LogP contribution is 2.40. The summed E-state index contributed by atoms with van der Waals surface area (Å²) in [5.74, 6) is -0.130. The number of aromatic hydroxyl groups is 1. The molecule has 0 saturated carbocycles. The topological polar surface area (TPSA) is 149 Å². The standard InChI is InChI=1S/C24H29N5O7/c1-23(2,3)35-21(32)28(18-12-25-13-19(31)26-18)17-11-14(20-15(30)9-8-10-16(20)34-7)29(27-17)22(33)36-24(4,5)6/h8-13,30H,1-7H3,(H,26,31). The molecule has 0 spiro atoms. The lowest BCUT2D eigenvalue weighted by Crippen LogP contribution is -2.35. The number of carbonyl (C=O) groups is 2. The van der Waals surface area contributed by atoms with Gasteiger partial charge in [0, 0.05) is 6.07 Å². The number of H-pyrrole nitrogens is 1. The number of carbonyl (C=O) groups excluding carboxylic acids is 2. The third-order valence-electron chi connectivity index (χ3n) is 4.43. The third kappa shape index (κ3) is 6.01. The highest BCUT2D eigenvalue weighted by atomic mass is 16.6. The molecule has 1 aromatic carbocycles. The molecule has 2 heterocycles. The molecule has 0 aliphatic carbocycles. The molecule has 3 rings (SSSR count). The van der Waals surface area contributed by atoms with E-state index in [1.807, 2.05) is 0 Å². The van der Waals surface area contributed by atoms with Crippen LogP contribution >= 0.6 is 0 Å². The molecular formula is C24H29N5O7. The van der Waals surface area contributed by atoms with E-state index >= 15 is 0 Å². The van der Waals surface area contributed by atoms with Crippen molar-refractivity contribution < 1.29 is 28.9 Å². The van der Waals surface area contributed by atoms with Gasteiger partial charge in [-0.1, -0.05) is 6.07 Å². The highest BCUT2D eigenvalue weighted by Gasteiger charge is 2.32. The maximum Gasteiger partial charge on any atom is 0.435 e. The number of aromatic nitrogens is 4. The Morgan fingerprint density at radius 1 is 1.06 bits per heavy atom. The molecule has 0 radical (unpaired) electrons. The van der Waals surface area contributed by atoms with Gasteiger partial charge in [0.2, 0.25) is 0 Å². The van der Waals surface area contributed by atoms with E-state index in [0.29, 0.717) is 0 Å². The smallest absolute Gasteiger partial charge is 0.435 e. The lowest BCUT2D eigenvalue weighted by atomic mass is 10.1. The Labute approximate surface area is 207 Å². The predicted molar refractivity (Wildman–Crippen MR) is 131 cm³/mol. The van der Waals surface area contributed by atoms with Gasteiger partial charge >= 0.3 is 12.2 Å². The number of methoxy groups -OCH3 is 1. The van der Waals surface area contributed by atoms with Crippen molar-refractivity contribution in [2.75, 3.05) is 12.0 Å². The summed E-state index contributed by atoms with van der Waals surface area (Å²) >= 11 is 0. The molecule has 2 N–H and O–H groups in total. The van der Waals surface area contributed by atoms with Gasteiger partial charge in [0.05, 0.1) is 30.8 Å². The van der Waals surface area contributed by atoms with Crippen LogP contribution < -0.4 is 15.2 Å². The average Bonchev–Trinajstić information content (AvgIpc) is 3.15. The zero-order valence-electron chi connectivity index (χ0n) is 21.1. The van der Waals surface area contributed by atoms with Crippen LogP contribution in [0.15, 0.2) is 41.5 Å². The van der Waals surface area contributed by atoms with Crippen LogP contribution in [0.25, 0.3) is 11.3 Å². The molecule has 192 valence electrons. The number of aromatic amines is 1. The fourth-order valence-corrected chi connectivity index (χ4v) is 3.15. The number of phenols is 1. The second-order valence-electron chi connectivity index (χ2n) is 9.73. The van der Waals surface area contributed by atoms with E-state index in [2.05, 4.69) is 15.1 Å². The molecule has 2 aromatic heterocycles. The SMILES string of the molecule is COc1cccc(O)c1-c1cc(N(C(=O)OC(C)(C)C)c2cncc(=O)[nH]2)nn1C(=O)OC(C)(C)C. The molecule has 0 aliphatic heterocycles. The molecule has 0 unspecified atom stereocenters. The van der Waals surface area contributed by atoms with Gasteiger partial charge in [0.1, 0.15) is 28.5 Å². The van der Waals surface area contributed by atoms with Crippen molar-refractivity contribution in [3.63, 3.8) is 0 Å². The Morgan fingerprint density at radius 2 is 1.72 bits per heavy atom. The average molecular weight is 500 g/mol. The van der Waals surface area contributed by atoms with E-state index in [9.17, 15) is 19.5 Å². The molecule has 12 nitrogen and oxygen atoms in total. The number of nitrogens with one attached hydrogen (secondary N) is 1. The van der Waals surface area contributed by atoms with Crippen molar-refractivity contribution in [1.82, 2.24) is 19.7 Å².